The fraction of sp³-hybridized carbons (Fsp3) is 0.520. The summed E-state index contributed by atoms with van der Waals surface area (Å²) in [6.07, 6.45) is 8.28. The van der Waals surface area contributed by atoms with Crippen molar-refractivity contribution in [2.75, 3.05) is 0 Å². The SMILES string of the molecule is C/C=C\C.C=C/C=C(\CC)C1(O)Oc2cc(C(C)C)ccc2C1(C)C.CC. The third-order valence-electron chi connectivity index (χ3n) is 4.92. The molecule has 0 saturated heterocycles. The minimum Gasteiger partial charge on any atom is -0.457 e. The van der Waals surface area contributed by atoms with Gasteiger partial charge in [-0.15, -0.1) is 0 Å². The van der Waals surface area contributed by atoms with E-state index < -0.39 is 11.2 Å². The quantitative estimate of drug-likeness (QED) is 0.444. The summed E-state index contributed by atoms with van der Waals surface area (Å²) in [4.78, 5) is 0. The van der Waals surface area contributed by atoms with Crippen molar-refractivity contribution in [3.8, 4) is 5.75 Å². The molecule has 0 amide bonds. The van der Waals surface area contributed by atoms with Crippen LogP contribution in [-0.4, -0.2) is 10.9 Å². The van der Waals surface area contributed by atoms with E-state index in [1.807, 2.05) is 66.7 Å². The van der Waals surface area contributed by atoms with Crippen LogP contribution in [0.1, 0.15) is 85.8 Å². The van der Waals surface area contributed by atoms with Gasteiger partial charge in [0.15, 0.2) is 0 Å². The van der Waals surface area contributed by atoms with Crippen molar-refractivity contribution in [1.29, 1.82) is 0 Å². The van der Waals surface area contributed by atoms with Gasteiger partial charge in [0.1, 0.15) is 5.75 Å². The van der Waals surface area contributed by atoms with Crippen molar-refractivity contribution < 1.29 is 9.84 Å². The van der Waals surface area contributed by atoms with Crippen LogP contribution in [-0.2, 0) is 5.41 Å². The number of benzene rings is 1. The first-order valence-corrected chi connectivity index (χ1v) is 10.1. The molecular weight excluding hydrogens is 332 g/mol. The zero-order valence-electron chi connectivity index (χ0n) is 18.9. The van der Waals surface area contributed by atoms with E-state index in [1.54, 1.807) is 6.08 Å². The highest BCUT2D eigenvalue weighted by molar-refractivity contribution is 5.51. The maximum Gasteiger partial charge on any atom is 0.240 e. The van der Waals surface area contributed by atoms with Gasteiger partial charge in [-0.3, -0.25) is 0 Å². The molecule has 1 aliphatic rings. The van der Waals surface area contributed by atoms with E-state index >= 15 is 0 Å². The predicted octanol–water partition coefficient (Wildman–Crippen LogP) is 7.30. The van der Waals surface area contributed by atoms with Crippen LogP contribution >= 0.6 is 0 Å². The number of hydrogen-bond acceptors (Lipinski definition) is 2. The Hall–Kier alpha value is -1.80. The molecular formula is C25H40O2. The van der Waals surface area contributed by atoms with Crippen LogP contribution < -0.4 is 4.74 Å². The second kappa shape index (κ2) is 11.1. The van der Waals surface area contributed by atoms with Crippen LogP contribution in [0.4, 0.5) is 0 Å². The summed E-state index contributed by atoms with van der Waals surface area (Å²) in [6.45, 7) is 22.1. The van der Waals surface area contributed by atoms with Crippen molar-refractivity contribution in [1.82, 2.24) is 0 Å². The Bertz CT molecular complexity index is 646. The summed E-state index contributed by atoms with van der Waals surface area (Å²) in [5.41, 5.74) is 2.63. The highest BCUT2D eigenvalue weighted by Gasteiger charge is 2.55. The van der Waals surface area contributed by atoms with E-state index in [0.717, 1.165) is 23.3 Å². The van der Waals surface area contributed by atoms with E-state index in [2.05, 4.69) is 38.6 Å². The van der Waals surface area contributed by atoms with Gasteiger partial charge in [0.2, 0.25) is 5.79 Å². The van der Waals surface area contributed by atoms with Gasteiger partial charge in [-0.25, -0.2) is 0 Å². The molecule has 0 aromatic heterocycles. The third kappa shape index (κ3) is 5.35. The van der Waals surface area contributed by atoms with Gasteiger partial charge in [-0.2, -0.15) is 0 Å². The predicted molar refractivity (Wildman–Crippen MR) is 120 cm³/mol. The molecule has 0 fully saturated rings. The first kappa shape index (κ1) is 25.2. The van der Waals surface area contributed by atoms with E-state index in [-0.39, 0.29) is 0 Å². The average Bonchev–Trinajstić information content (AvgIpc) is 2.87. The summed E-state index contributed by atoms with van der Waals surface area (Å²) >= 11 is 0. The van der Waals surface area contributed by atoms with Crippen molar-refractivity contribution >= 4 is 0 Å². The highest BCUT2D eigenvalue weighted by atomic mass is 16.6. The summed E-state index contributed by atoms with van der Waals surface area (Å²) in [5, 5.41) is 11.2. The normalized spacial score (nSPS) is 20.2. The zero-order valence-corrected chi connectivity index (χ0v) is 18.9. The van der Waals surface area contributed by atoms with E-state index in [4.69, 9.17) is 4.74 Å². The average molecular weight is 373 g/mol. The fourth-order valence-electron chi connectivity index (χ4n) is 3.05. The second-order valence-corrected chi connectivity index (χ2v) is 7.23. The molecule has 1 unspecified atom stereocenters. The standard InChI is InChI=1S/C19H26O2.C4H8.C2H6/c1-7-9-15(8-2)19(20)18(5,6)16-11-10-14(13(3)4)12-17(16)21-19;1-3-4-2;1-2/h7,9-13,20H,1,8H2,2-6H3;3-4H,1-2H3;1-2H3/b15-9+;4-3-;. The van der Waals surface area contributed by atoms with Crippen LogP contribution in [0.3, 0.4) is 0 Å². The van der Waals surface area contributed by atoms with Crippen LogP contribution in [0, 0.1) is 0 Å². The minimum atomic E-state index is -1.31. The molecule has 0 spiro atoms. The molecule has 1 aromatic rings. The lowest BCUT2D eigenvalue weighted by atomic mass is 9.74. The van der Waals surface area contributed by atoms with Gasteiger partial charge in [0.25, 0.3) is 0 Å². The van der Waals surface area contributed by atoms with Gasteiger partial charge < -0.3 is 9.84 Å². The van der Waals surface area contributed by atoms with Gasteiger partial charge in [0.05, 0.1) is 5.41 Å². The monoisotopic (exact) mass is 372 g/mol. The molecule has 0 saturated carbocycles. The largest absolute Gasteiger partial charge is 0.457 e. The topological polar surface area (TPSA) is 29.5 Å². The summed E-state index contributed by atoms with van der Waals surface area (Å²) in [5.74, 6) is -0.0874. The molecule has 1 heterocycles. The van der Waals surface area contributed by atoms with Gasteiger partial charge in [-0.1, -0.05) is 77.6 Å². The zero-order chi connectivity index (χ0) is 21.3. The summed E-state index contributed by atoms with van der Waals surface area (Å²) in [6, 6.07) is 6.27. The number of aliphatic hydroxyl groups is 1. The molecule has 1 N–H and O–H groups in total. The molecule has 2 rings (SSSR count). The highest BCUT2D eigenvalue weighted by Crippen LogP contribution is 2.52. The molecule has 2 heteroatoms. The Morgan fingerprint density at radius 3 is 2.15 bits per heavy atom. The molecule has 152 valence electrons. The molecule has 0 radical (unpaired) electrons. The first-order chi connectivity index (χ1) is 12.7. The van der Waals surface area contributed by atoms with Crippen LogP contribution in [0.15, 0.2) is 54.7 Å². The Morgan fingerprint density at radius 2 is 1.74 bits per heavy atom. The summed E-state index contributed by atoms with van der Waals surface area (Å²) in [7, 11) is 0. The summed E-state index contributed by atoms with van der Waals surface area (Å²) < 4.78 is 6.05. The number of rotatable bonds is 4. The Balaban J connectivity index is 0.000000998. The van der Waals surface area contributed by atoms with Crippen molar-refractivity contribution in [2.45, 2.75) is 85.9 Å². The van der Waals surface area contributed by atoms with Gasteiger partial charge in [-0.05, 0) is 51.7 Å². The number of hydrogen-bond donors (Lipinski definition) is 1. The van der Waals surface area contributed by atoms with E-state index in [1.165, 1.54) is 5.56 Å². The van der Waals surface area contributed by atoms with Gasteiger partial charge >= 0.3 is 0 Å². The lowest BCUT2D eigenvalue weighted by molar-refractivity contribution is -0.134. The molecule has 27 heavy (non-hydrogen) atoms. The van der Waals surface area contributed by atoms with Crippen molar-refractivity contribution in [3.05, 3.63) is 65.8 Å². The Morgan fingerprint density at radius 1 is 1.19 bits per heavy atom. The molecule has 1 atom stereocenters. The number of ether oxygens (including phenoxy) is 1. The number of fused-ring (bicyclic) bond motifs is 1. The smallest absolute Gasteiger partial charge is 0.240 e. The van der Waals surface area contributed by atoms with Crippen LogP contribution in [0.2, 0.25) is 0 Å². The van der Waals surface area contributed by atoms with Crippen molar-refractivity contribution in [3.63, 3.8) is 0 Å². The van der Waals surface area contributed by atoms with E-state index in [9.17, 15) is 5.11 Å². The molecule has 1 aromatic carbocycles. The van der Waals surface area contributed by atoms with Crippen molar-refractivity contribution in [2.24, 2.45) is 0 Å². The van der Waals surface area contributed by atoms with Gasteiger partial charge in [0, 0.05) is 11.1 Å². The Kier molecular flexibility index (Phi) is 10.4. The Labute approximate surface area is 167 Å². The molecule has 0 aliphatic carbocycles. The number of allylic oxidation sites excluding steroid dienone is 4. The second-order valence-electron chi connectivity index (χ2n) is 7.23. The van der Waals surface area contributed by atoms with Crippen LogP contribution in [0.25, 0.3) is 0 Å². The lowest BCUT2D eigenvalue weighted by Gasteiger charge is -2.36. The maximum atomic E-state index is 11.2. The third-order valence-corrected chi connectivity index (χ3v) is 4.92. The van der Waals surface area contributed by atoms with Crippen LogP contribution in [0.5, 0.6) is 5.75 Å². The van der Waals surface area contributed by atoms with E-state index in [0.29, 0.717) is 5.92 Å². The fourth-order valence-corrected chi connectivity index (χ4v) is 3.05. The maximum absolute atomic E-state index is 11.2. The molecule has 1 aliphatic heterocycles. The minimum absolute atomic E-state index is 0.435. The first-order valence-electron chi connectivity index (χ1n) is 10.1. The molecule has 0 bridgehead atoms. The molecule has 2 nitrogen and oxygen atoms in total. The lowest BCUT2D eigenvalue weighted by Crippen LogP contribution is -2.49.